The minimum Gasteiger partial charge on any atom is -0.488 e. The predicted molar refractivity (Wildman–Crippen MR) is 69.7 cm³/mol. The summed E-state index contributed by atoms with van der Waals surface area (Å²) in [6.45, 7) is 2.95. The van der Waals surface area contributed by atoms with Crippen LogP contribution in [0, 0.1) is 0 Å². The molecule has 0 radical (unpaired) electrons. The number of likely N-dealkylation sites (N-methyl/N-ethyl adjacent to an activating group) is 1. The Morgan fingerprint density at radius 2 is 2.12 bits per heavy atom. The van der Waals surface area contributed by atoms with E-state index in [0.29, 0.717) is 15.8 Å². The molecule has 0 aromatic heterocycles. The van der Waals surface area contributed by atoms with Gasteiger partial charge in [-0.25, -0.2) is 0 Å². The zero-order valence-electron chi connectivity index (χ0n) is 9.59. The molecule has 0 saturated heterocycles. The Kier molecular flexibility index (Phi) is 5.96. The van der Waals surface area contributed by atoms with Gasteiger partial charge in [0.1, 0.15) is 11.9 Å². The first-order chi connectivity index (χ1) is 7.67. The molecule has 1 aromatic carbocycles. The quantitative estimate of drug-likeness (QED) is 0.842. The van der Waals surface area contributed by atoms with Crippen molar-refractivity contribution in [3.8, 4) is 5.75 Å². The zero-order chi connectivity index (χ0) is 12.0. The average Bonchev–Trinajstić information content (AvgIpc) is 2.23. The van der Waals surface area contributed by atoms with E-state index in [-0.39, 0.29) is 6.10 Å². The molecule has 1 N–H and O–H groups in total. The van der Waals surface area contributed by atoms with Gasteiger partial charge < -0.3 is 10.1 Å². The zero-order valence-corrected chi connectivity index (χ0v) is 11.1. The molecule has 1 unspecified atom stereocenters. The van der Waals surface area contributed by atoms with Gasteiger partial charge in [0.2, 0.25) is 0 Å². The molecule has 0 bridgehead atoms. The van der Waals surface area contributed by atoms with Crippen LogP contribution in [0.25, 0.3) is 0 Å². The van der Waals surface area contributed by atoms with Crippen molar-refractivity contribution in [2.45, 2.75) is 25.9 Å². The lowest BCUT2D eigenvalue weighted by molar-refractivity contribution is 0.189. The smallest absolute Gasteiger partial charge is 0.138 e. The maximum absolute atomic E-state index is 6.04. The summed E-state index contributed by atoms with van der Waals surface area (Å²) >= 11 is 11.9. The molecule has 0 aliphatic carbocycles. The fourth-order valence-corrected chi connectivity index (χ4v) is 1.96. The second-order valence-electron chi connectivity index (χ2n) is 3.66. The van der Waals surface area contributed by atoms with Crippen molar-refractivity contribution in [1.29, 1.82) is 0 Å². The Morgan fingerprint density at radius 1 is 1.38 bits per heavy atom. The summed E-state index contributed by atoms with van der Waals surface area (Å²) in [4.78, 5) is 0. The van der Waals surface area contributed by atoms with E-state index in [1.165, 1.54) is 0 Å². The third kappa shape index (κ3) is 4.20. The average molecular weight is 262 g/mol. The lowest BCUT2D eigenvalue weighted by Crippen LogP contribution is -2.29. The first-order valence-electron chi connectivity index (χ1n) is 5.43. The van der Waals surface area contributed by atoms with Gasteiger partial charge >= 0.3 is 0 Å². The van der Waals surface area contributed by atoms with Crippen molar-refractivity contribution in [3.63, 3.8) is 0 Å². The number of nitrogens with one attached hydrogen (secondary N) is 1. The van der Waals surface area contributed by atoms with Crippen LogP contribution in [0.5, 0.6) is 5.75 Å². The fraction of sp³-hybridized carbons (Fsp3) is 0.500. The Bertz CT molecular complexity index is 325. The minimum absolute atomic E-state index is 0.147. The Morgan fingerprint density at radius 3 is 2.69 bits per heavy atom. The number of ether oxygens (including phenoxy) is 1. The van der Waals surface area contributed by atoms with Crippen molar-refractivity contribution in [2.75, 3.05) is 13.6 Å². The molecule has 0 saturated carbocycles. The van der Waals surface area contributed by atoms with Crippen LogP contribution < -0.4 is 10.1 Å². The van der Waals surface area contributed by atoms with Crippen molar-refractivity contribution >= 4 is 23.2 Å². The van der Waals surface area contributed by atoms with E-state index in [1.807, 2.05) is 13.1 Å². The number of benzene rings is 1. The van der Waals surface area contributed by atoms with Crippen molar-refractivity contribution in [2.24, 2.45) is 0 Å². The SMILES string of the molecule is CCCC(CNC)Oc1ccc(Cl)cc1Cl. The highest BCUT2D eigenvalue weighted by Gasteiger charge is 2.10. The van der Waals surface area contributed by atoms with Crippen molar-refractivity contribution in [1.82, 2.24) is 5.32 Å². The van der Waals surface area contributed by atoms with Gasteiger partial charge in [0.25, 0.3) is 0 Å². The molecule has 0 aliphatic rings. The minimum atomic E-state index is 0.147. The molecule has 0 aliphatic heterocycles. The van der Waals surface area contributed by atoms with Gasteiger partial charge in [-0.1, -0.05) is 36.5 Å². The fourth-order valence-electron chi connectivity index (χ4n) is 1.50. The van der Waals surface area contributed by atoms with Crippen LogP contribution >= 0.6 is 23.2 Å². The third-order valence-electron chi connectivity index (χ3n) is 2.23. The van der Waals surface area contributed by atoms with Crippen molar-refractivity contribution < 1.29 is 4.74 Å². The monoisotopic (exact) mass is 261 g/mol. The van der Waals surface area contributed by atoms with Gasteiger partial charge in [-0.05, 0) is 31.7 Å². The normalized spacial score (nSPS) is 12.5. The van der Waals surface area contributed by atoms with Crippen LogP contribution in [0.3, 0.4) is 0 Å². The van der Waals surface area contributed by atoms with Gasteiger partial charge in [0, 0.05) is 11.6 Å². The van der Waals surface area contributed by atoms with Gasteiger partial charge in [-0.3, -0.25) is 0 Å². The highest BCUT2D eigenvalue weighted by Crippen LogP contribution is 2.28. The first kappa shape index (κ1) is 13.6. The summed E-state index contributed by atoms with van der Waals surface area (Å²) in [6, 6.07) is 5.29. The number of rotatable bonds is 6. The molecule has 0 fully saturated rings. The van der Waals surface area contributed by atoms with E-state index in [1.54, 1.807) is 12.1 Å². The Balaban J connectivity index is 2.68. The summed E-state index contributed by atoms with van der Waals surface area (Å²) in [7, 11) is 1.91. The molecule has 0 heterocycles. The second kappa shape index (κ2) is 7.00. The Hall–Kier alpha value is -0.440. The largest absolute Gasteiger partial charge is 0.488 e. The highest BCUT2D eigenvalue weighted by molar-refractivity contribution is 6.35. The Labute approximate surface area is 107 Å². The number of halogens is 2. The molecular formula is C12H17Cl2NO. The standard InChI is InChI=1S/C12H17Cl2NO/c1-3-4-10(8-15-2)16-12-6-5-9(13)7-11(12)14/h5-7,10,15H,3-4,8H2,1-2H3. The van der Waals surface area contributed by atoms with Gasteiger partial charge in [0.15, 0.2) is 0 Å². The predicted octanol–water partition coefficient (Wildman–Crippen LogP) is 3.76. The molecule has 1 atom stereocenters. The van der Waals surface area contributed by atoms with Crippen molar-refractivity contribution in [3.05, 3.63) is 28.2 Å². The maximum Gasteiger partial charge on any atom is 0.138 e. The number of hydrogen-bond acceptors (Lipinski definition) is 2. The summed E-state index contributed by atoms with van der Waals surface area (Å²) in [5.41, 5.74) is 0. The topological polar surface area (TPSA) is 21.3 Å². The molecule has 4 heteroatoms. The molecule has 0 amide bonds. The second-order valence-corrected chi connectivity index (χ2v) is 4.50. The van der Waals surface area contributed by atoms with Crippen LogP contribution in [-0.2, 0) is 0 Å². The number of hydrogen-bond donors (Lipinski definition) is 1. The van der Waals surface area contributed by atoms with E-state index >= 15 is 0 Å². The van der Waals surface area contributed by atoms with Crippen LogP contribution in [0.2, 0.25) is 10.0 Å². The van der Waals surface area contributed by atoms with E-state index < -0.39 is 0 Å². The molecule has 90 valence electrons. The molecule has 1 aromatic rings. The highest BCUT2D eigenvalue weighted by atomic mass is 35.5. The van der Waals surface area contributed by atoms with Crippen LogP contribution in [-0.4, -0.2) is 19.7 Å². The molecule has 16 heavy (non-hydrogen) atoms. The molecular weight excluding hydrogens is 245 g/mol. The van der Waals surface area contributed by atoms with Crippen LogP contribution in [0.1, 0.15) is 19.8 Å². The molecule has 1 rings (SSSR count). The lowest BCUT2D eigenvalue weighted by Gasteiger charge is -2.19. The van der Waals surface area contributed by atoms with Gasteiger partial charge in [0.05, 0.1) is 5.02 Å². The summed E-state index contributed by atoms with van der Waals surface area (Å²) in [6.07, 6.45) is 2.23. The van der Waals surface area contributed by atoms with E-state index in [4.69, 9.17) is 27.9 Å². The lowest BCUT2D eigenvalue weighted by atomic mass is 10.2. The summed E-state index contributed by atoms with van der Waals surface area (Å²) < 4.78 is 5.83. The van der Waals surface area contributed by atoms with Gasteiger partial charge in [-0.15, -0.1) is 0 Å². The van der Waals surface area contributed by atoms with E-state index in [9.17, 15) is 0 Å². The summed E-state index contributed by atoms with van der Waals surface area (Å²) in [5.74, 6) is 0.694. The van der Waals surface area contributed by atoms with E-state index in [2.05, 4.69) is 12.2 Å². The molecule has 2 nitrogen and oxygen atoms in total. The van der Waals surface area contributed by atoms with E-state index in [0.717, 1.165) is 19.4 Å². The summed E-state index contributed by atoms with van der Waals surface area (Å²) in [5, 5.41) is 4.29. The first-order valence-corrected chi connectivity index (χ1v) is 6.19. The van der Waals surface area contributed by atoms with Crippen LogP contribution in [0.4, 0.5) is 0 Å². The van der Waals surface area contributed by atoms with Crippen LogP contribution in [0.15, 0.2) is 18.2 Å². The molecule has 0 spiro atoms. The third-order valence-corrected chi connectivity index (χ3v) is 2.76. The van der Waals surface area contributed by atoms with Gasteiger partial charge in [-0.2, -0.15) is 0 Å². The maximum atomic E-state index is 6.04.